The molecule has 0 aliphatic heterocycles. The van der Waals surface area contributed by atoms with Gasteiger partial charge < -0.3 is 19.9 Å². The molecule has 0 aliphatic rings. The van der Waals surface area contributed by atoms with Crippen molar-refractivity contribution in [2.24, 2.45) is 5.73 Å². The minimum atomic E-state index is -1.94. The molecule has 5 heteroatoms. The molecule has 0 heterocycles. The lowest BCUT2D eigenvalue weighted by atomic mass is 10.4. The fourth-order valence-electron chi connectivity index (χ4n) is 1.98. The number of nitrogens with one attached hydrogen (secondary N) is 1. The summed E-state index contributed by atoms with van der Waals surface area (Å²) in [5, 5.41) is 3.43. The summed E-state index contributed by atoms with van der Waals surface area (Å²) in [5.74, 6) is 0. The van der Waals surface area contributed by atoms with Crippen molar-refractivity contribution >= 4 is 8.56 Å². The second-order valence-electron chi connectivity index (χ2n) is 4.96. The third kappa shape index (κ3) is 9.57. The first-order valence-corrected chi connectivity index (χ1v) is 10.2. The van der Waals surface area contributed by atoms with Crippen molar-refractivity contribution in [3.8, 4) is 0 Å². The summed E-state index contributed by atoms with van der Waals surface area (Å²) < 4.78 is 12.3. The third-order valence-electron chi connectivity index (χ3n) is 3.15. The number of rotatable bonds is 14. The van der Waals surface area contributed by atoms with E-state index in [0.29, 0.717) is 0 Å². The minimum Gasteiger partial charge on any atom is -0.394 e. The maximum Gasteiger partial charge on any atom is 0.337 e. The summed E-state index contributed by atoms with van der Waals surface area (Å²) in [4.78, 5) is 0. The summed E-state index contributed by atoms with van der Waals surface area (Å²) in [5.41, 5.74) is 5.47. The SMILES string of the molecule is CCCO[Si](CC)(CCCNCCCN)OCCC. The second-order valence-corrected chi connectivity index (χ2v) is 8.56. The Morgan fingerprint density at radius 1 is 0.947 bits per heavy atom. The van der Waals surface area contributed by atoms with Crippen LogP contribution in [0.4, 0.5) is 0 Å². The van der Waals surface area contributed by atoms with Crippen molar-refractivity contribution in [2.45, 2.75) is 58.5 Å². The van der Waals surface area contributed by atoms with Crippen LogP contribution in [0.2, 0.25) is 12.1 Å². The molecular formula is C14H34N2O2Si. The van der Waals surface area contributed by atoms with E-state index in [2.05, 4.69) is 26.1 Å². The van der Waals surface area contributed by atoms with E-state index in [9.17, 15) is 0 Å². The average molecular weight is 291 g/mol. The first kappa shape index (κ1) is 19.1. The van der Waals surface area contributed by atoms with E-state index in [4.69, 9.17) is 14.6 Å². The molecule has 0 fully saturated rings. The second kappa shape index (κ2) is 13.1. The van der Waals surface area contributed by atoms with Crippen LogP contribution in [0.15, 0.2) is 0 Å². The number of hydrogen-bond donors (Lipinski definition) is 2. The maximum absolute atomic E-state index is 6.13. The first-order valence-electron chi connectivity index (χ1n) is 7.93. The molecule has 0 spiro atoms. The van der Waals surface area contributed by atoms with E-state index >= 15 is 0 Å². The molecule has 0 radical (unpaired) electrons. The average Bonchev–Trinajstić information content (AvgIpc) is 2.45. The van der Waals surface area contributed by atoms with Gasteiger partial charge in [0.1, 0.15) is 0 Å². The minimum absolute atomic E-state index is 0.764. The largest absolute Gasteiger partial charge is 0.394 e. The summed E-state index contributed by atoms with van der Waals surface area (Å²) in [7, 11) is -1.94. The monoisotopic (exact) mass is 290 g/mol. The van der Waals surface area contributed by atoms with E-state index in [1.807, 2.05) is 0 Å². The Balaban J connectivity index is 4.00. The van der Waals surface area contributed by atoms with E-state index < -0.39 is 8.56 Å². The molecule has 4 nitrogen and oxygen atoms in total. The molecule has 116 valence electrons. The molecule has 0 saturated carbocycles. The summed E-state index contributed by atoms with van der Waals surface area (Å²) in [6, 6.07) is 2.15. The van der Waals surface area contributed by atoms with E-state index in [1.54, 1.807) is 0 Å². The van der Waals surface area contributed by atoms with Crippen molar-refractivity contribution < 1.29 is 8.85 Å². The summed E-state index contributed by atoms with van der Waals surface area (Å²) >= 11 is 0. The van der Waals surface area contributed by atoms with Crippen LogP contribution in [0.25, 0.3) is 0 Å². The summed E-state index contributed by atoms with van der Waals surface area (Å²) in [6.07, 6.45) is 4.32. The van der Waals surface area contributed by atoms with Gasteiger partial charge in [0.05, 0.1) is 0 Å². The molecule has 19 heavy (non-hydrogen) atoms. The van der Waals surface area contributed by atoms with Gasteiger partial charge >= 0.3 is 8.56 Å². The molecule has 0 aromatic rings. The zero-order chi connectivity index (χ0) is 14.4. The molecular weight excluding hydrogens is 256 g/mol. The highest BCUT2D eigenvalue weighted by molar-refractivity contribution is 6.67. The van der Waals surface area contributed by atoms with Crippen molar-refractivity contribution in [3.63, 3.8) is 0 Å². The molecule has 0 aromatic carbocycles. The Bertz CT molecular complexity index is 186. The Morgan fingerprint density at radius 2 is 1.53 bits per heavy atom. The van der Waals surface area contributed by atoms with Gasteiger partial charge in [0.15, 0.2) is 0 Å². The van der Waals surface area contributed by atoms with Crippen LogP contribution in [-0.2, 0) is 8.85 Å². The Hall–Kier alpha value is 0.0569. The molecule has 0 amide bonds. The predicted octanol–water partition coefficient (Wildman–Crippen LogP) is 2.63. The fraction of sp³-hybridized carbons (Fsp3) is 1.00. The normalized spacial score (nSPS) is 12.0. The molecule has 0 aromatic heterocycles. The van der Waals surface area contributed by atoms with Crippen LogP contribution >= 0.6 is 0 Å². The number of nitrogens with two attached hydrogens (primary N) is 1. The molecule has 0 saturated heterocycles. The Labute approximate surface area is 120 Å². The van der Waals surface area contributed by atoms with E-state index in [-0.39, 0.29) is 0 Å². The van der Waals surface area contributed by atoms with Crippen LogP contribution < -0.4 is 11.1 Å². The van der Waals surface area contributed by atoms with Crippen molar-refractivity contribution in [3.05, 3.63) is 0 Å². The van der Waals surface area contributed by atoms with Gasteiger partial charge in [0, 0.05) is 13.2 Å². The van der Waals surface area contributed by atoms with Gasteiger partial charge in [-0.15, -0.1) is 0 Å². The quantitative estimate of drug-likeness (QED) is 0.381. The molecule has 0 unspecified atom stereocenters. The highest BCUT2D eigenvalue weighted by Gasteiger charge is 2.34. The van der Waals surface area contributed by atoms with Crippen LogP contribution in [0.3, 0.4) is 0 Å². The molecule has 0 rings (SSSR count). The van der Waals surface area contributed by atoms with Crippen LogP contribution in [0, 0.1) is 0 Å². The van der Waals surface area contributed by atoms with Gasteiger partial charge in [-0.1, -0.05) is 20.8 Å². The zero-order valence-corrected chi connectivity index (χ0v) is 14.2. The van der Waals surface area contributed by atoms with Crippen LogP contribution in [-0.4, -0.2) is 41.4 Å². The lowest BCUT2D eigenvalue weighted by molar-refractivity contribution is 0.167. The first-order chi connectivity index (χ1) is 9.24. The van der Waals surface area contributed by atoms with Crippen molar-refractivity contribution in [1.82, 2.24) is 5.32 Å². The Morgan fingerprint density at radius 3 is 2.00 bits per heavy atom. The number of hydrogen-bond acceptors (Lipinski definition) is 4. The van der Waals surface area contributed by atoms with Gasteiger partial charge in [-0.3, -0.25) is 0 Å². The van der Waals surface area contributed by atoms with Crippen LogP contribution in [0.1, 0.15) is 46.5 Å². The molecule has 0 bridgehead atoms. The van der Waals surface area contributed by atoms with Gasteiger partial charge in [0.25, 0.3) is 0 Å². The van der Waals surface area contributed by atoms with Gasteiger partial charge in [0.2, 0.25) is 0 Å². The van der Waals surface area contributed by atoms with E-state index in [1.165, 1.54) is 0 Å². The molecule has 0 aliphatic carbocycles. The zero-order valence-electron chi connectivity index (χ0n) is 13.2. The lowest BCUT2D eigenvalue weighted by Crippen LogP contribution is -2.42. The standard InChI is InChI=1S/C14H34N2O2Si/c1-4-12-17-19(6-3,18-13-5-2)14-8-11-16-10-7-9-15/h16H,4-15H2,1-3H3. The molecule has 0 atom stereocenters. The highest BCUT2D eigenvalue weighted by atomic mass is 28.4. The smallest absolute Gasteiger partial charge is 0.337 e. The van der Waals surface area contributed by atoms with Gasteiger partial charge in [-0.2, -0.15) is 0 Å². The third-order valence-corrected chi connectivity index (χ3v) is 6.80. The Kier molecular flexibility index (Phi) is 13.1. The van der Waals surface area contributed by atoms with Crippen molar-refractivity contribution in [1.29, 1.82) is 0 Å². The maximum atomic E-state index is 6.13. The van der Waals surface area contributed by atoms with Crippen molar-refractivity contribution in [2.75, 3.05) is 32.8 Å². The molecule has 3 N–H and O–H groups in total. The van der Waals surface area contributed by atoms with E-state index in [0.717, 1.165) is 70.6 Å². The highest BCUT2D eigenvalue weighted by Crippen LogP contribution is 2.21. The topological polar surface area (TPSA) is 56.5 Å². The summed E-state index contributed by atoms with van der Waals surface area (Å²) in [6.45, 7) is 11.0. The predicted molar refractivity (Wildman–Crippen MR) is 84.7 cm³/mol. The fourth-order valence-corrected chi connectivity index (χ4v) is 4.98. The van der Waals surface area contributed by atoms with Crippen LogP contribution in [0.5, 0.6) is 0 Å². The van der Waals surface area contributed by atoms with Gasteiger partial charge in [-0.05, 0) is 57.4 Å². The lowest BCUT2D eigenvalue weighted by Gasteiger charge is -2.30. The van der Waals surface area contributed by atoms with Gasteiger partial charge in [-0.25, -0.2) is 0 Å².